The van der Waals surface area contributed by atoms with Gasteiger partial charge in [0.1, 0.15) is 5.75 Å². The number of aldehydes is 1. The number of benzene rings is 1. The summed E-state index contributed by atoms with van der Waals surface area (Å²) in [6.07, 6.45) is 8.52. The molecule has 2 rings (SSSR count). The van der Waals surface area contributed by atoms with Gasteiger partial charge in [0.25, 0.3) is 0 Å². The minimum absolute atomic E-state index is 0.295. The predicted octanol–water partition coefficient (Wildman–Crippen LogP) is 3.60. The van der Waals surface area contributed by atoms with Gasteiger partial charge < -0.3 is 4.74 Å². The van der Waals surface area contributed by atoms with Gasteiger partial charge in [0, 0.05) is 0 Å². The zero-order chi connectivity index (χ0) is 11.2. The van der Waals surface area contributed by atoms with E-state index in [9.17, 15) is 4.79 Å². The van der Waals surface area contributed by atoms with Crippen molar-refractivity contribution < 1.29 is 9.53 Å². The summed E-state index contributed by atoms with van der Waals surface area (Å²) in [4.78, 5) is 10.9. The van der Waals surface area contributed by atoms with Gasteiger partial charge in [-0.2, -0.15) is 0 Å². The summed E-state index contributed by atoms with van der Waals surface area (Å²) in [5.41, 5.74) is 0.659. The summed E-state index contributed by atoms with van der Waals surface area (Å²) in [6, 6.07) is 7.47. The zero-order valence-electron chi connectivity index (χ0n) is 9.52. The van der Waals surface area contributed by atoms with Crippen molar-refractivity contribution in [1.82, 2.24) is 0 Å². The highest BCUT2D eigenvalue weighted by molar-refractivity contribution is 5.79. The van der Waals surface area contributed by atoms with Crippen molar-refractivity contribution in [1.29, 1.82) is 0 Å². The molecule has 1 saturated carbocycles. The molecule has 0 radical (unpaired) electrons. The predicted molar refractivity (Wildman–Crippen MR) is 63.9 cm³/mol. The fourth-order valence-corrected chi connectivity index (χ4v) is 2.22. The van der Waals surface area contributed by atoms with Crippen LogP contribution in [0.1, 0.15) is 48.9 Å². The quantitative estimate of drug-likeness (QED) is 0.572. The van der Waals surface area contributed by atoms with Crippen LogP contribution in [0.25, 0.3) is 0 Å². The molecule has 1 aliphatic rings. The highest BCUT2D eigenvalue weighted by atomic mass is 16.5. The van der Waals surface area contributed by atoms with Crippen LogP contribution in [0.15, 0.2) is 24.3 Å². The first-order valence-electron chi connectivity index (χ1n) is 6.11. The van der Waals surface area contributed by atoms with Crippen LogP contribution >= 0.6 is 0 Å². The van der Waals surface area contributed by atoms with Gasteiger partial charge in [-0.05, 0) is 37.8 Å². The molecular weight excluding hydrogens is 200 g/mol. The molecule has 0 spiro atoms. The molecule has 16 heavy (non-hydrogen) atoms. The van der Waals surface area contributed by atoms with E-state index in [-0.39, 0.29) is 0 Å². The summed E-state index contributed by atoms with van der Waals surface area (Å²) in [5, 5.41) is 0. The van der Waals surface area contributed by atoms with E-state index in [0.717, 1.165) is 24.9 Å². The number of ether oxygens (including phenoxy) is 1. The van der Waals surface area contributed by atoms with Crippen molar-refractivity contribution in [3.05, 3.63) is 29.8 Å². The Kier molecular flexibility index (Phi) is 3.97. The molecule has 0 bridgehead atoms. The Morgan fingerprint density at radius 2 is 1.75 bits per heavy atom. The van der Waals surface area contributed by atoms with Crippen molar-refractivity contribution >= 4 is 6.29 Å². The molecule has 0 unspecified atom stereocenters. The number of rotatable bonds is 3. The first-order chi connectivity index (χ1) is 7.90. The van der Waals surface area contributed by atoms with E-state index in [1.165, 1.54) is 25.7 Å². The lowest BCUT2D eigenvalue weighted by molar-refractivity contribution is 0.111. The summed E-state index contributed by atoms with van der Waals surface area (Å²) in [6.45, 7) is 0. The lowest BCUT2D eigenvalue weighted by atomic mass is 10.1. The molecule has 0 N–H and O–H groups in total. The van der Waals surface area contributed by atoms with Crippen LogP contribution in [0.3, 0.4) is 0 Å². The van der Waals surface area contributed by atoms with E-state index < -0.39 is 0 Å². The first kappa shape index (κ1) is 11.2. The molecule has 1 aromatic rings. The number of carbonyl (C=O) groups is 1. The molecule has 1 aromatic carbocycles. The Morgan fingerprint density at radius 3 is 2.44 bits per heavy atom. The minimum atomic E-state index is 0.295. The summed E-state index contributed by atoms with van der Waals surface area (Å²) in [7, 11) is 0. The fourth-order valence-electron chi connectivity index (χ4n) is 2.22. The van der Waals surface area contributed by atoms with Gasteiger partial charge in [-0.25, -0.2) is 0 Å². The van der Waals surface area contributed by atoms with Crippen molar-refractivity contribution in [2.75, 3.05) is 0 Å². The lowest BCUT2D eigenvalue weighted by Gasteiger charge is -2.17. The molecular formula is C14H18O2. The Labute approximate surface area is 96.6 Å². The molecule has 0 atom stereocenters. The van der Waals surface area contributed by atoms with Gasteiger partial charge in [0.05, 0.1) is 11.7 Å². The number of carbonyl (C=O) groups excluding carboxylic acids is 1. The Morgan fingerprint density at radius 1 is 1.06 bits per heavy atom. The van der Waals surface area contributed by atoms with E-state index >= 15 is 0 Å². The third-order valence-electron chi connectivity index (χ3n) is 3.14. The average molecular weight is 218 g/mol. The van der Waals surface area contributed by atoms with Crippen LogP contribution in [0.4, 0.5) is 0 Å². The Balaban J connectivity index is 2.04. The smallest absolute Gasteiger partial charge is 0.153 e. The maximum atomic E-state index is 10.9. The molecule has 1 fully saturated rings. The van der Waals surface area contributed by atoms with Crippen LogP contribution in [0.5, 0.6) is 5.75 Å². The molecule has 1 aliphatic carbocycles. The fraction of sp³-hybridized carbons (Fsp3) is 0.500. The van der Waals surface area contributed by atoms with Gasteiger partial charge in [-0.3, -0.25) is 4.79 Å². The third-order valence-corrected chi connectivity index (χ3v) is 3.14. The van der Waals surface area contributed by atoms with Gasteiger partial charge in [0.2, 0.25) is 0 Å². The highest BCUT2D eigenvalue weighted by Crippen LogP contribution is 2.24. The van der Waals surface area contributed by atoms with Crippen LogP contribution in [-0.2, 0) is 0 Å². The van der Waals surface area contributed by atoms with Gasteiger partial charge in [-0.15, -0.1) is 0 Å². The summed E-state index contributed by atoms with van der Waals surface area (Å²) < 4.78 is 5.93. The maximum Gasteiger partial charge on any atom is 0.153 e. The zero-order valence-corrected chi connectivity index (χ0v) is 9.52. The SMILES string of the molecule is O=Cc1ccccc1OC1CCCCCC1. The molecule has 0 amide bonds. The maximum absolute atomic E-state index is 10.9. The Hall–Kier alpha value is -1.31. The van der Waals surface area contributed by atoms with E-state index in [1.54, 1.807) is 6.07 Å². The minimum Gasteiger partial charge on any atom is -0.490 e. The topological polar surface area (TPSA) is 26.3 Å². The first-order valence-corrected chi connectivity index (χ1v) is 6.11. The van der Waals surface area contributed by atoms with Crippen LogP contribution in [0, 0.1) is 0 Å². The van der Waals surface area contributed by atoms with Crippen molar-refractivity contribution in [3.63, 3.8) is 0 Å². The lowest BCUT2D eigenvalue weighted by Crippen LogP contribution is -2.15. The molecule has 2 nitrogen and oxygen atoms in total. The number of hydrogen-bond donors (Lipinski definition) is 0. The normalized spacial score (nSPS) is 17.8. The number of para-hydroxylation sites is 1. The summed E-state index contributed by atoms with van der Waals surface area (Å²) in [5.74, 6) is 0.740. The van der Waals surface area contributed by atoms with Crippen LogP contribution in [-0.4, -0.2) is 12.4 Å². The van der Waals surface area contributed by atoms with Gasteiger partial charge >= 0.3 is 0 Å². The van der Waals surface area contributed by atoms with Gasteiger partial charge in [-0.1, -0.05) is 25.0 Å². The standard InChI is InChI=1S/C14H18O2/c15-11-12-7-5-6-10-14(12)16-13-8-3-1-2-4-9-13/h5-7,10-11,13H,1-4,8-9H2. The molecule has 0 saturated heterocycles. The third kappa shape index (κ3) is 2.84. The molecule has 0 aliphatic heterocycles. The average Bonchev–Trinajstić information content (AvgIpc) is 2.58. The molecule has 2 heteroatoms. The van der Waals surface area contributed by atoms with Crippen LogP contribution in [0.2, 0.25) is 0 Å². The number of hydrogen-bond acceptors (Lipinski definition) is 2. The highest BCUT2D eigenvalue weighted by Gasteiger charge is 2.14. The van der Waals surface area contributed by atoms with Crippen LogP contribution < -0.4 is 4.74 Å². The van der Waals surface area contributed by atoms with E-state index in [1.807, 2.05) is 18.2 Å². The van der Waals surface area contributed by atoms with Crippen molar-refractivity contribution in [2.24, 2.45) is 0 Å². The molecule has 86 valence electrons. The van der Waals surface area contributed by atoms with E-state index in [4.69, 9.17) is 4.74 Å². The largest absolute Gasteiger partial charge is 0.490 e. The second kappa shape index (κ2) is 5.69. The Bertz CT molecular complexity index is 338. The molecule has 0 aromatic heterocycles. The van der Waals surface area contributed by atoms with Crippen molar-refractivity contribution in [2.45, 2.75) is 44.6 Å². The van der Waals surface area contributed by atoms with E-state index in [2.05, 4.69) is 0 Å². The van der Waals surface area contributed by atoms with E-state index in [0.29, 0.717) is 11.7 Å². The van der Waals surface area contributed by atoms with Crippen molar-refractivity contribution in [3.8, 4) is 5.75 Å². The monoisotopic (exact) mass is 218 g/mol. The van der Waals surface area contributed by atoms with Gasteiger partial charge in [0.15, 0.2) is 6.29 Å². The second-order valence-electron chi connectivity index (χ2n) is 4.39. The molecule has 0 heterocycles. The summed E-state index contributed by atoms with van der Waals surface area (Å²) >= 11 is 0. The second-order valence-corrected chi connectivity index (χ2v) is 4.39.